The summed E-state index contributed by atoms with van der Waals surface area (Å²) in [5.41, 5.74) is -0.666. The summed E-state index contributed by atoms with van der Waals surface area (Å²) < 4.78 is 16.7. The van der Waals surface area contributed by atoms with Crippen LogP contribution < -0.4 is 10.6 Å². The molecule has 3 fully saturated rings. The number of rotatable bonds is 1. The van der Waals surface area contributed by atoms with Gasteiger partial charge in [0.25, 0.3) is 0 Å². The van der Waals surface area contributed by atoms with Crippen LogP contribution in [-0.2, 0) is 9.59 Å². The predicted octanol–water partition coefficient (Wildman–Crippen LogP) is 3.81. The van der Waals surface area contributed by atoms with Crippen molar-refractivity contribution in [3.8, 4) is 0 Å². The summed E-state index contributed by atoms with van der Waals surface area (Å²) >= 11 is 0. The highest BCUT2D eigenvalue weighted by Crippen LogP contribution is 2.65. The lowest BCUT2D eigenvalue weighted by Crippen LogP contribution is -2.59. The van der Waals surface area contributed by atoms with Crippen LogP contribution in [0.15, 0.2) is 12.2 Å². The van der Waals surface area contributed by atoms with E-state index in [4.69, 9.17) is 2.82 Å². The number of fused-ring (bicyclic) bond motifs is 5. The molecule has 150 valence electrons. The SMILES string of the molecule is [2H]N1C(=O)C=C[C@]2(C)[C@H]3CC[C@]4(C)[C@@H](C(=O)N([2H])C(C)(C)C)CC[C@H]4[C@@H]3CC[C@@H]12. The van der Waals surface area contributed by atoms with E-state index in [0.29, 0.717) is 17.8 Å². The van der Waals surface area contributed by atoms with Crippen LogP contribution in [0.25, 0.3) is 0 Å². The van der Waals surface area contributed by atoms with Crippen molar-refractivity contribution in [1.29, 1.82) is 0 Å². The second kappa shape index (κ2) is 6.09. The summed E-state index contributed by atoms with van der Waals surface area (Å²) in [5.74, 6) is 1.21. The Kier molecular flexibility index (Phi) is 3.75. The maximum Gasteiger partial charge on any atom is 0.243 e. The van der Waals surface area contributed by atoms with Crippen LogP contribution in [-0.4, -0.2) is 23.4 Å². The van der Waals surface area contributed by atoms with Gasteiger partial charge in [0.05, 0.1) is 0 Å². The maximum absolute atomic E-state index is 13.2. The number of hydrogen-bond acceptors (Lipinski definition) is 2. The van der Waals surface area contributed by atoms with Crippen molar-refractivity contribution >= 4 is 11.8 Å². The van der Waals surface area contributed by atoms with Gasteiger partial charge in [0.1, 0.15) is 0 Å². The summed E-state index contributed by atoms with van der Waals surface area (Å²) in [6, 6.07) is -0.0333. The summed E-state index contributed by atoms with van der Waals surface area (Å²) in [7, 11) is 0. The average molecular weight is 375 g/mol. The minimum Gasteiger partial charge on any atom is -0.351 e. The van der Waals surface area contributed by atoms with Crippen LogP contribution >= 0.6 is 0 Å². The Hall–Kier alpha value is -1.32. The number of amides is 2. The molecular formula is C23H36N2O2. The lowest BCUT2D eigenvalue weighted by Gasteiger charge is -2.58. The summed E-state index contributed by atoms with van der Waals surface area (Å²) in [5, 5.41) is 2.43. The molecule has 27 heavy (non-hydrogen) atoms. The molecule has 7 atom stereocenters. The van der Waals surface area contributed by atoms with Gasteiger partial charge in [-0.1, -0.05) is 19.9 Å². The zero-order chi connectivity index (χ0) is 21.4. The fourth-order valence-corrected chi connectivity index (χ4v) is 7.07. The van der Waals surface area contributed by atoms with Crippen LogP contribution in [0.5, 0.6) is 0 Å². The summed E-state index contributed by atoms with van der Waals surface area (Å²) in [6.45, 7) is 10.3. The Bertz CT molecular complexity index is 748. The van der Waals surface area contributed by atoms with Gasteiger partial charge < -0.3 is 10.6 Å². The summed E-state index contributed by atoms with van der Waals surface area (Å²) in [4.78, 5) is 25.3. The fraction of sp³-hybridized carbons (Fsp3) is 0.826. The van der Waals surface area contributed by atoms with Crippen molar-refractivity contribution in [2.24, 2.45) is 34.5 Å². The third-order valence-electron chi connectivity index (χ3n) is 8.34. The zero-order valence-electron chi connectivity index (χ0n) is 19.5. The number of carbonyl (C=O) groups excluding carboxylic acids is 2. The van der Waals surface area contributed by atoms with E-state index in [-0.39, 0.29) is 34.6 Å². The van der Waals surface area contributed by atoms with Gasteiger partial charge in [-0.3, -0.25) is 9.59 Å². The van der Waals surface area contributed by atoms with E-state index in [0.717, 1.165) is 38.5 Å². The fourth-order valence-electron chi connectivity index (χ4n) is 7.07. The Morgan fingerprint density at radius 1 is 1.22 bits per heavy atom. The minimum atomic E-state index is -0.481. The van der Waals surface area contributed by atoms with Gasteiger partial charge in [-0.15, -0.1) is 0 Å². The van der Waals surface area contributed by atoms with Crippen LogP contribution in [0.1, 0.15) is 73.1 Å². The van der Waals surface area contributed by atoms with Crippen LogP contribution in [0, 0.1) is 34.5 Å². The van der Waals surface area contributed by atoms with E-state index in [1.807, 2.05) is 20.8 Å². The molecule has 2 N–H and O–H groups in total. The smallest absolute Gasteiger partial charge is 0.243 e. The highest BCUT2D eigenvalue weighted by Gasteiger charge is 2.60. The van der Waals surface area contributed by atoms with Crippen molar-refractivity contribution < 1.29 is 12.4 Å². The topological polar surface area (TPSA) is 58.2 Å². The molecule has 4 nitrogen and oxygen atoms in total. The van der Waals surface area contributed by atoms with Crippen molar-refractivity contribution in [2.45, 2.75) is 84.7 Å². The van der Waals surface area contributed by atoms with E-state index in [1.54, 1.807) is 6.08 Å². The molecule has 4 aliphatic rings. The maximum atomic E-state index is 13.2. The van der Waals surface area contributed by atoms with Crippen molar-refractivity contribution in [3.05, 3.63) is 12.2 Å². The van der Waals surface area contributed by atoms with Crippen molar-refractivity contribution in [1.82, 2.24) is 10.6 Å². The van der Waals surface area contributed by atoms with Gasteiger partial charge >= 0.3 is 0 Å². The molecule has 3 aliphatic carbocycles. The second-order valence-electron chi connectivity index (χ2n) is 10.9. The van der Waals surface area contributed by atoms with Gasteiger partial charge in [0.2, 0.25) is 11.8 Å². The first-order valence-corrected chi connectivity index (χ1v) is 10.8. The third kappa shape index (κ3) is 2.94. The molecule has 0 aromatic rings. The Morgan fingerprint density at radius 2 is 1.96 bits per heavy atom. The van der Waals surface area contributed by atoms with E-state index in [9.17, 15) is 9.59 Å². The van der Waals surface area contributed by atoms with Gasteiger partial charge in [-0.05, 0) is 88.5 Å². The standard InChI is InChI=1S/C23H36N2O2/c1-21(2,3)25-20(27)17-8-7-15-14-6-9-18-23(5,13-11-19(26)24-18)16(14)10-12-22(15,17)4/h11,13-18H,6-10,12H2,1-5H3,(H,24,26)(H,25,27)/t14-,15-,16-,17+,18+,22-,23+/m0/s1/i/hD2. The van der Waals surface area contributed by atoms with E-state index >= 15 is 0 Å². The van der Waals surface area contributed by atoms with Gasteiger partial charge in [-0.25, -0.2) is 0 Å². The first-order chi connectivity index (χ1) is 13.4. The number of nitrogens with one attached hydrogen (secondary N) is 2. The number of hydrogen-bond donors (Lipinski definition) is 2. The molecule has 1 aliphatic heterocycles. The van der Waals surface area contributed by atoms with E-state index in [2.05, 4.69) is 19.9 Å². The summed E-state index contributed by atoms with van der Waals surface area (Å²) in [6.07, 6.45) is 9.56. The third-order valence-corrected chi connectivity index (χ3v) is 8.34. The lowest BCUT2D eigenvalue weighted by molar-refractivity contribution is -0.135. The zero-order valence-corrected chi connectivity index (χ0v) is 17.5. The monoisotopic (exact) mass is 374 g/mol. The molecule has 0 radical (unpaired) electrons. The Balaban J connectivity index is 1.61. The Labute approximate surface area is 166 Å². The van der Waals surface area contributed by atoms with Crippen molar-refractivity contribution in [3.63, 3.8) is 0 Å². The number of carbonyl (C=O) groups is 2. The molecule has 4 rings (SSSR count). The molecule has 1 heterocycles. The van der Waals surface area contributed by atoms with Crippen molar-refractivity contribution in [2.75, 3.05) is 0 Å². The van der Waals surface area contributed by atoms with Crippen LogP contribution in [0.4, 0.5) is 0 Å². The highest BCUT2D eigenvalue weighted by molar-refractivity contribution is 5.89. The molecule has 0 aromatic carbocycles. The first-order valence-electron chi connectivity index (χ1n) is 11.6. The largest absolute Gasteiger partial charge is 0.351 e. The van der Waals surface area contributed by atoms with Gasteiger partial charge in [0.15, 0.2) is 2.82 Å². The second-order valence-corrected chi connectivity index (χ2v) is 10.9. The van der Waals surface area contributed by atoms with Crippen LogP contribution in [0.2, 0.25) is 2.82 Å². The lowest BCUT2D eigenvalue weighted by atomic mass is 9.48. The molecule has 2 amide bonds. The van der Waals surface area contributed by atoms with E-state index < -0.39 is 5.54 Å². The molecule has 0 aromatic heterocycles. The van der Waals surface area contributed by atoms with E-state index in [1.165, 1.54) is 10.6 Å². The molecular weight excluding hydrogens is 336 g/mol. The molecule has 0 saturated heterocycles. The van der Waals surface area contributed by atoms with Crippen LogP contribution in [0.3, 0.4) is 0 Å². The average Bonchev–Trinajstić information content (AvgIpc) is 3.00. The molecule has 0 spiro atoms. The highest BCUT2D eigenvalue weighted by atomic mass is 16.2. The first kappa shape index (κ1) is 16.6. The predicted molar refractivity (Wildman–Crippen MR) is 107 cm³/mol. The normalized spacial score (nSPS) is 47.5. The Morgan fingerprint density at radius 3 is 2.67 bits per heavy atom. The van der Waals surface area contributed by atoms with Gasteiger partial charge in [0, 0.05) is 22.9 Å². The molecule has 4 heteroatoms. The molecule has 0 unspecified atom stereocenters. The van der Waals surface area contributed by atoms with Gasteiger partial charge in [-0.2, -0.15) is 0 Å². The molecule has 3 saturated carbocycles. The quantitative estimate of drug-likeness (QED) is 0.733. The molecule has 0 bridgehead atoms. The minimum absolute atomic E-state index is 0.0126.